The van der Waals surface area contributed by atoms with Crippen molar-refractivity contribution in [1.82, 2.24) is 4.90 Å². The van der Waals surface area contributed by atoms with E-state index in [2.05, 4.69) is 32.6 Å². The third-order valence-corrected chi connectivity index (χ3v) is 3.69. The number of benzene rings is 1. The number of aliphatic hydroxyl groups excluding tert-OH is 1. The Morgan fingerprint density at radius 1 is 1.14 bits per heavy atom. The molecule has 1 rings (SSSR count). The van der Waals surface area contributed by atoms with Gasteiger partial charge in [-0.1, -0.05) is 6.92 Å². The zero-order valence-corrected chi connectivity index (χ0v) is 14.4. The molecule has 1 N–H and O–H groups in total. The molecule has 4 heteroatoms. The third-order valence-electron chi connectivity index (χ3n) is 3.69. The van der Waals surface area contributed by atoms with Gasteiger partial charge in [-0.2, -0.15) is 0 Å². The van der Waals surface area contributed by atoms with Crippen molar-refractivity contribution in [2.24, 2.45) is 0 Å². The van der Waals surface area contributed by atoms with E-state index in [1.54, 1.807) is 24.3 Å². The number of ether oxygens (including phenoxy) is 1. The minimum atomic E-state index is -0.540. The first-order chi connectivity index (χ1) is 10.3. The maximum absolute atomic E-state index is 11.6. The van der Waals surface area contributed by atoms with Crippen LogP contribution in [0.25, 0.3) is 0 Å². The number of hydrogen-bond acceptors (Lipinski definition) is 4. The average molecular weight is 307 g/mol. The second-order valence-electron chi connectivity index (χ2n) is 6.15. The molecule has 1 aromatic rings. The summed E-state index contributed by atoms with van der Waals surface area (Å²) in [5, 5.41) is 10.1. The van der Waals surface area contributed by atoms with E-state index in [-0.39, 0.29) is 12.4 Å². The molecule has 0 saturated carbocycles. The van der Waals surface area contributed by atoms with Gasteiger partial charge in [-0.05, 0) is 52.0 Å². The summed E-state index contributed by atoms with van der Waals surface area (Å²) in [6, 6.07) is 7.85. The summed E-state index contributed by atoms with van der Waals surface area (Å²) in [6.45, 7) is 11.2. The molecule has 1 atom stereocenters. The van der Waals surface area contributed by atoms with E-state index in [1.165, 1.54) is 0 Å². The van der Waals surface area contributed by atoms with Gasteiger partial charge in [0.05, 0.1) is 0 Å². The number of rotatable bonds is 9. The molecule has 0 aromatic heterocycles. The van der Waals surface area contributed by atoms with E-state index in [0.29, 0.717) is 36.4 Å². The largest absolute Gasteiger partial charge is 0.491 e. The van der Waals surface area contributed by atoms with Crippen molar-refractivity contribution >= 4 is 5.78 Å². The van der Waals surface area contributed by atoms with Crippen molar-refractivity contribution in [2.45, 2.75) is 59.2 Å². The highest BCUT2D eigenvalue weighted by Crippen LogP contribution is 2.14. The van der Waals surface area contributed by atoms with Gasteiger partial charge in [0.25, 0.3) is 0 Å². The summed E-state index contributed by atoms with van der Waals surface area (Å²) in [5.41, 5.74) is 0.696. The van der Waals surface area contributed by atoms with Gasteiger partial charge in [0, 0.05) is 30.6 Å². The molecule has 0 radical (unpaired) electrons. The van der Waals surface area contributed by atoms with Gasteiger partial charge in [-0.15, -0.1) is 0 Å². The lowest BCUT2D eigenvalue weighted by Gasteiger charge is -2.32. The lowest BCUT2D eigenvalue weighted by atomic mass is 10.1. The van der Waals surface area contributed by atoms with Crippen LogP contribution in [0, 0.1) is 0 Å². The maximum atomic E-state index is 11.6. The van der Waals surface area contributed by atoms with Crippen molar-refractivity contribution in [3.8, 4) is 5.75 Å². The molecule has 0 saturated heterocycles. The Morgan fingerprint density at radius 2 is 1.68 bits per heavy atom. The Kier molecular flexibility index (Phi) is 7.56. The number of hydrogen-bond donors (Lipinski definition) is 1. The summed E-state index contributed by atoms with van der Waals surface area (Å²) in [6.07, 6.45) is -0.0409. The third kappa shape index (κ3) is 5.78. The van der Waals surface area contributed by atoms with Crippen LogP contribution in [0.2, 0.25) is 0 Å². The zero-order chi connectivity index (χ0) is 16.7. The predicted molar refractivity (Wildman–Crippen MR) is 89.5 cm³/mol. The molecular formula is C18H29NO3. The molecule has 0 spiro atoms. The zero-order valence-electron chi connectivity index (χ0n) is 14.4. The fraction of sp³-hybridized carbons (Fsp3) is 0.611. The minimum absolute atomic E-state index is 0.121. The van der Waals surface area contributed by atoms with Gasteiger partial charge in [0.15, 0.2) is 5.78 Å². The Morgan fingerprint density at radius 3 is 2.14 bits per heavy atom. The van der Waals surface area contributed by atoms with Crippen molar-refractivity contribution in [3.63, 3.8) is 0 Å². The highest BCUT2D eigenvalue weighted by atomic mass is 16.5. The summed E-state index contributed by atoms with van der Waals surface area (Å²) in [5.74, 6) is 0.795. The van der Waals surface area contributed by atoms with Crippen molar-refractivity contribution < 1.29 is 14.6 Å². The number of nitrogens with zero attached hydrogens (tertiary/aromatic N) is 1. The minimum Gasteiger partial charge on any atom is -0.491 e. The first-order valence-electron chi connectivity index (χ1n) is 8.05. The summed E-state index contributed by atoms with van der Waals surface area (Å²) in [7, 11) is 0. The van der Waals surface area contributed by atoms with Gasteiger partial charge in [0.2, 0.25) is 0 Å². The molecule has 0 heterocycles. The van der Waals surface area contributed by atoms with Gasteiger partial charge in [0.1, 0.15) is 18.5 Å². The monoisotopic (exact) mass is 307 g/mol. The van der Waals surface area contributed by atoms with Crippen molar-refractivity contribution in [2.75, 3.05) is 13.2 Å². The van der Waals surface area contributed by atoms with E-state index in [0.717, 1.165) is 0 Å². The smallest absolute Gasteiger partial charge is 0.162 e. The van der Waals surface area contributed by atoms with Gasteiger partial charge in [-0.3, -0.25) is 9.69 Å². The molecule has 1 aromatic carbocycles. The van der Waals surface area contributed by atoms with Crippen LogP contribution in [0.5, 0.6) is 5.75 Å². The van der Waals surface area contributed by atoms with Crippen LogP contribution >= 0.6 is 0 Å². The molecule has 4 nitrogen and oxygen atoms in total. The van der Waals surface area contributed by atoms with Crippen LogP contribution in [-0.4, -0.2) is 47.1 Å². The van der Waals surface area contributed by atoms with Crippen LogP contribution in [0.4, 0.5) is 0 Å². The quantitative estimate of drug-likeness (QED) is 0.712. The van der Waals surface area contributed by atoms with E-state index in [1.807, 2.05) is 6.92 Å². The van der Waals surface area contributed by atoms with Crippen LogP contribution in [0.3, 0.4) is 0 Å². The first kappa shape index (κ1) is 18.7. The van der Waals surface area contributed by atoms with E-state index < -0.39 is 6.10 Å². The number of Topliss-reactive ketones (excluding diaryl/α,β-unsaturated/α-hetero) is 1. The van der Waals surface area contributed by atoms with Gasteiger partial charge < -0.3 is 9.84 Å². The number of carbonyl (C=O) groups excluding carboxylic acids is 1. The Labute approximate surface area is 134 Å². The number of ketones is 1. The van der Waals surface area contributed by atoms with Crippen molar-refractivity contribution in [3.05, 3.63) is 29.8 Å². The molecule has 0 aliphatic carbocycles. The van der Waals surface area contributed by atoms with Gasteiger partial charge >= 0.3 is 0 Å². The van der Waals surface area contributed by atoms with E-state index in [4.69, 9.17) is 4.74 Å². The highest BCUT2D eigenvalue weighted by Gasteiger charge is 2.18. The number of aliphatic hydroxyl groups is 1. The highest BCUT2D eigenvalue weighted by molar-refractivity contribution is 5.95. The van der Waals surface area contributed by atoms with Crippen LogP contribution < -0.4 is 4.74 Å². The standard InChI is InChI=1S/C18H29NO3/c1-6-18(21)15-7-9-17(10-8-15)22-12-16(20)11-19(13(2)3)14(4)5/h7-10,13-14,16,20H,6,11-12H2,1-5H3/t16-/m1/s1. The van der Waals surface area contributed by atoms with Crippen molar-refractivity contribution in [1.29, 1.82) is 0 Å². The lowest BCUT2D eigenvalue weighted by Crippen LogP contribution is -2.43. The second kappa shape index (κ2) is 8.91. The number of carbonyl (C=O) groups is 1. The fourth-order valence-corrected chi connectivity index (χ4v) is 2.45. The summed E-state index contributed by atoms with van der Waals surface area (Å²) in [4.78, 5) is 13.8. The second-order valence-corrected chi connectivity index (χ2v) is 6.15. The van der Waals surface area contributed by atoms with E-state index >= 15 is 0 Å². The lowest BCUT2D eigenvalue weighted by molar-refractivity contribution is 0.0445. The van der Waals surface area contributed by atoms with E-state index in [9.17, 15) is 9.90 Å². The normalized spacial score (nSPS) is 13.0. The molecule has 0 aliphatic rings. The Balaban J connectivity index is 2.50. The molecule has 124 valence electrons. The molecule has 0 aliphatic heterocycles. The molecule has 0 unspecified atom stereocenters. The Hall–Kier alpha value is -1.39. The SMILES string of the molecule is CCC(=O)c1ccc(OC[C@H](O)CN(C(C)C)C(C)C)cc1. The first-order valence-corrected chi connectivity index (χ1v) is 8.05. The summed E-state index contributed by atoms with van der Waals surface area (Å²) >= 11 is 0. The van der Waals surface area contributed by atoms with Crippen LogP contribution in [0.15, 0.2) is 24.3 Å². The summed E-state index contributed by atoms with van der Waals surface area (Å²) < 4.78 is 5.61. The molecule has 0 amide bonds. The van der Waals surface area contributed by atoms with Crippen LogP contribution in [-0.2, 0) is 0 Å². The topological polar surface area (TPSA) is 49.8 Å². The average Bonchev–Trinajstić information content (AvgIpc) is 2.49. The molecule has 22 heavy (non-hydrogen) atoms. The maximum Gasteiger partial charge on any atom is 0.162 e. The Bertz CT molecular complexity index is 446. The van der Waals surface area contributed by atoms with Crippen LogP contribution in [0.1, 0.15) is 51.4 Å². The molecule has 0 bridgehead atoms. The van der Waals surface area contributed by atoms with Gasteiger partial charge in [-0.25, -0.2) is 0 Å². The predicted octanol–water partition coefficient (Wildman–Crippen LogP) is 3.14. The molecular weight excluding hydrogens is 278 g/mol. The fourth-order valence-electron chi connectivity index (χ4n) is 2.45. The molecule has 0 fully saturated rings.